The molecule has 1 N–H and O–H groups in total. The SMILES string of the molecule is COc1cc2c(c(-c3cccnc3)c1)NC(=O)CC2. The fraction of sp³-hybridized carbons (Fsp3) is 0.200. The molecule has 0 unspecified atom stereocenters. The number of carbonyl (C=O) groups is 1. The van der Waals surface area contributed by atoms with Crippen LogP contribution < -0.4 is 10.1 Å². The molecule has 1 aromatic carbocycles. The summed E-state index contributed by atoms with van der Waals surface area (Å²) in [7, 11) is 1.65. The van der Waals surface area contributed by atoms with Gasteiger partial charge in [-0.05, 0) is 30.2 Å². The molecule has 2 aromatic rings. The third-order valence-electron chi connectivity index (χ3n) is 3.29. The van der Waals surface area contributed by atoms with Crippen LogP contribution in [0.4, 0.5) is 5.69 Å². The molecule has 96 valence electrons. The smallest absolute Gasteiger partial charge is 0.224 e. The molecule has 0 spiro atoms. The number of aromatic nitrogens is 1. The van der Waals surface area contributed by atoms with Gasteiger partial charge in [0.05, 0.1) is 12.8 Å². The predicted octanol–water partition coefficient (Wildman–Crippen LogP) is 2.64. The number of ether oxygens (including phenoxy) is 1. The lowest BCUT2D eigenvalue weighted by Crippen LogP contribution is -2.19. The topological polar surface area (TPSA) is 51.2 Å². The van der Waals surface area contributed by atoms with Gasteiger partial charge in [0, 0.05) is 29.9 Å². The Hall–Kier alpha value is -2.36. The molecular weight excluding hydrogens is 240 g/mol. The van der Waals surface area contributed by atoms with Crippen molar-refractivity contribution in [2.75, 3.05) is 12.4 Å². The number of rotatable bonds is 2. The first-order valence-corrected chi connectivity index (χ1v) is 6.19. The van der Waals surface area contributed by atoms with Crippen LogP contribution in [0, 0.1) is 0 Å². The van der Waals surface area contributed by atoms with Gasteiger partial charge < -0.3 is 10.1 Å². The van der Waals surface area contributed by atoms with E-state index in [0.29, 0.717) is 6.42 Å². The summed E-state index contributed by atoms with van der Waals surface area (Å²) in [5.41, 5.74) is 3.92. The highest BCUT2D eigenvalue weighted by atomic mass is 16.5. The number of hydrogen-bond donors (Lipinski definition) is 1. The molecule has 0 fully saturated rings. The van der Waals surface area contributed by atoms with Crippen molar-refractivity contribution < 1.29 is 9.53 Å². The molecule has 4 heteroatoms. The normalized spacial score (nSPS) is 13.6. The Balaban J connectivity index is 2.19. The monoisotopic (exact) mass is 254 g/mol. The maximum Gasteiger partial charge on any atom is 0.224 e. The Kier molecular flexibility index (Phi) is 2.91. The van der Waals surface area contributed by atoms with Gasteiger partial charge in [0.15, 0.2) is 0 Å². The molecule has 3 rings (SSSR count). The third kappa shape index (κ3) is 2.17. The summed E-state index contributed by atoms with van der Waals surface area (Å²) in [6, 6.07) is 7.77. The van der Waals surface area contributed by atoms with E-state index < -0.39 is 0 Å². The van der Waals surface area contributed by atoms with E-state index in [2.05, 4.69) is 10.3 Å². The van der Waals surface area contributed by atoms with Gasteiger partial charge in [-0.3, -0.25) is 9.78 Å². The number of benzene rings is 1. The summed E-state index contributed by atoms with van der Waals surface area (Å²) in [6.45, 7) is 0. The standard InChI is InChI=1S/C15H14N2O2/c1-19-12-7-10-4-5-14(18)17-15(10)13(8-12)11-3-2-6-16-9-11/h2-3,6-9H,4-5H2,1H3,(H,17,18). The maximum atomic E-state index is 11.6. The molecule has 2 heterocycles. The minimum absolute atomic E-state index is 0.0582. The van der Waals surface area contributed by atoms with Gasteiger partial charge in [-0.15, -0.1) is 0 Å². The summed E-state index contributed by atoms with van der Waals surface area (Å²) in [5.74, 6) is 0.858. The summed E-state index contributed by atoms with van der Waals surface area (Å²) >= 11 is 0. The highest BCUT2D eigenvalue weighted by molar-refractivity contribution is 5.99. The zero-order chi connectivity index (χ0) is 13.2. The van der Waals surface area contributed by atoms with E-state index in [1.165, 1.54) is 0 Å². The zero-order valence-electron chi connectivity index (χ0n) is 10.6. The number of fused-ring (bicyclic) bond motifs is 1. The van der Waals surface area contributed by atoms with Gasteiger partial charge in [-0.1, -0.05) is 6.07 Å². The molecule has 4 nitrogen and oxygen atoms in total. The average Bonchev–Trinajstić information content (AvgIpc) is 2.47. The Morgan fingerprint density at radius 2 is 2.21 bits per heavy atom. The molecule has 1 amide bonds. The lowest BCUT2D eigenvalue weighted by atomic mass is 9.95. The number of anilines is 1. The summed E-state index contributed by atoms with van der Waals surface area (Å²) in [4.78, 5) is 15.7. The minimum atomic E-state index is 0.0582. The second-order valence-electron chi connectivity index (χ2n) is 4.50. The highest BCUT2D eigenvalue weighted by Gasteiger charge is 2.20. The van der Waals surface area contributed by atoms with E-state index in [0.717, 1.165) is 34.5 Å². The van der Waals surface area contributed by atoms with E-state index in [-0.39, 0.29) is 5.91 Å². The largest absolute Gasteiger partial charge is 0.497 e. The molecule has 0 radical (unpaired) electrons. The summed E-state index contributed by atoms with van der Waals surface area (Å²) in [6.07, 6.45) is 4.78. The molecule has 1 aliphatic heterocycles. The van der Waals surface area contributed by atoms with Crippen LogP contribution in [-0.4, -0.2) is 18.0 Å². The zero-order valence-corrected chi connectivity index (χ0v) is 10.6. The fourth-order valence-corrected chi connectivity index (χ4v) is 2.34. The maximum absolute atomic E-state index is 11.6. The number of nitrogens with one attached hydrogen (secondary N) is 1. The van der Waals surface area contributed by atoms with Crippen molar-refractivity contribution in [1.82, 2.24) is 4.98 Å². The molecule has 0 atom stereocenters. The first kappa shape index (κ1) is 11.7. The van der Waals surface area contributed by atoms with Crippen LogP contribution in [0.1, 0.15) is 12.0 Å². The van der Waals surface area contributed by atoms with Crippen molar-refractivity contribution in [1.29, 1.82) is 0 Å². The number of carbonyl (C=O) groups excluding carboxylic acids is 1. The van der Waals surface area contributed by atoms with Crippen molar-refractivity contribution >= 4 is 11.6 Å². The summed E-state index contributed by atoms with van der Waals surface area (Å²) < 4.78 is 5.34. The molecule has 1 aromatic heterocycles. The molecule has 1 aliphatic rings. The van der Waals surface area contributed by atoms with Crippen LogP contribution in [0.3, 0.4) is 0 Å². The number of methoxy groups -OCH3 is 1. The van der Waals surface area contributed by atoms with Crippen LogP contribution in [0.15, 0.2) is 36.7 Å². The first-order valence-electron chi connectivity index (χ1n) is 6.19. The van der Waals surface area contributed by atoms with Crippen molar-refractivity contribution in [3.05, 3.63) is 42.2 Å². The molecule has 0 saturated heterocycles. The quantitative estimate of drug-likeness (QED) is 0.896. The van der Waals surface area contributed by atoms with Crippen LogP contribution in [0.2, 0.25) is 0 Å². The number of nitrogens with zero attached hydrogens (tertiary/aromatic N) is 1. The Morgan fingerprint density at radius 1 is 1.32 bits per heavy atom. The van der Waals surface area contributed by atoms with E-state index >= 15 is 0 Å². The van der Waals surface area contributed by atoms with Gasteiger partial charge in [0.1, 0.15) is 5.75 Å². The number of aryl methyl sites for hydroxylation is 1. The lowest BCUT2D eigenvalue weighted by molar-refractivity contribution is -0.116. The van der Waals surface area contributed by atoms with E-state index in [1.807, 2.05) is 24.3 Å². The predicted molar refractivity (Wildman–Crippen MR) is 73.2 cm³/mol. The fourth-order valence-electron chi connectivity index (χ4n) is 2.34. The van der Waals surface area contributed by atoms with Crippen LogP contribution >= 0.6 is 0 Å². The third-order valence-corrected chi connectivity index (χ3v) is 3.29. The van der Waals surface area contributed by atoms with Gasteiger partial charge >= 0.3 is 0 Å². The number of hydrogen-bond acceptors (Lipinski definition) is 3. The number of amides is 1. The van der Waals surface area contributed by atoms with Crippen molar-refractivity contribution in [3.8, 4) is 16.9 Å². The van der Waals surface area contributed by atoms with Gasteiger partial charge in [-0.2, -0.15) is 0 Å². The molecular formula is C15H14N2O2. The molecule has 0 bridgehead atoms. The molecule has 0 saturated carbocycles. The second-order valence-corrected chi connectivity index (χ2v) is 4.50. The molecule has 0 aliphatic carbocycles. The van der Waals surface area contributed by atoms with Crippen LogP contribution in [0.25, 0.3) is 11.1 Å². The van der Waals surface area contributed by atoms with Crippen LogP contribution in [0.5, 0.6) is 5.75 Å². The average molecular weight is 254 g/mol. The summed E-state index contributed by atoms with van der Waals surface area (Å²) in [5, 5.41) is 2.96. The van der Waals surface area contributed by atoms with Gasteiger partial charge in [0.2, 0.25) is 5.91 Å². The first-order chi connectivity index (χ1) is 9.28. The highest BCUT2D eigenvalue weighted by Crippen LogP contribution is 2.37. The van der Waals surface area contributed by atoms with Crippen molar-refractivity contribution in [2.45, 2.75) is 12.8 Å². The minimum Gasteiger partial charge on any atom is -0.497 e. The molecule has 19 heavy (non-hydrogen) atoms. The second kappa shape index (κ2) is 4.72. The lowest BCUT2D eigenvalue weighted by Gasteiger charge is -2.21. The van der Waals surface area contributed by atoms with E-state index in [4.69, 9.17) is 4.74 Å². The Bertz CT molecular complexity index is 624. The van der Waals surface area contributed by atoms with E-state index in [9.17, 15) is 4.79 Å². The van der Waals surface area contributed by atoms with Crippen molar-refractivity contribution in [3.63, 3.8) is 0 Å². The Labute approximate surface area is 111 Å². The van der Waals surface area contributed by atoms with Crippen LogP contribution in [-0.2, 0) is 11.2 Å². The van der Waals surface area contributed by atoms with Gasteiger partial charge in [0.25, 0.3) is 0 Å². The van der Waals surface area contributed by atoms with E-state index in [1.54, 1.807) is 19.5 Å². The number of pyridine rings is 1. The van der Waals surface area contributed by atoms with Gasteiger partial charge in [-0.25, -0.2) is 0 Å². The Morgan fingerprint density at radius 3 is 2.95 bits per heavy atom. The van der Waals surface area contributed by atoms with Crippen molar-refractivity contribution in [2.24, 2.45) is 0 Å².